The van der Waals surface area contributed by atoms with E-state index in [1.165, 1.54) is 19.0 Å². The van der Waals surface area contributed by atoms with Gasteiger partial charge in [0.15, 0.2) is 0 Å². The molecule has 1 atom stereocenters. The molecule has 0 saturated carbocycles. The Morgan fingerprint density at radius 1 is 1.58 bits per heavy atom. The van der Waals surface area contributed by atoms with E-state index in [1.54, 1.807) is 12.3 Å². The molecule has 1 saturated heterocycles. The van der Waals surface area contributed by atoms with Gasteiger partial charge in [0.1, 0.15) is 0 Å². The largest absolute Gasteiger partial charge is 0.337 e. The molecule has 19 heavy (non-hydrogen) atoms. The highest BCUT2D eigenvalue weighted by atomic mass is 35.5. The van der Waals surface area contributed by atoms with Gasteiger partial charge in [-0.3, -0.25) is 9.78 Å². The predicted molar refractivity (Wildman–Crippen MR) is 76.5 cm³/mol. The predicted octanol–water partition coefficient (Wildman–Crippen LogP) is 2.34. The first kappa shape index (κ1) is 14.3. The van der Waals surface area contributed by atoms with Gasteiger partial charge in [-0.05, 0) is 32.4 Å². The van der Waals surface area contributed by atoms with Gasteiger partial charge in [-0.2, -0.15) is 0 Å². The molecule has 1 aromatic heterocycles. The first-order chi connectivity index (χ1) is 9.22. The van der Waals surface area contributed by atoms with Gasteiger partial charge >= 0.3 is 0 Å². The molecule has 2 heterocycles. The second-order valence-corrected chi connectivity index (χ2v) is 5.25. The van der Waals surface area contributed by atoms with Crippen LogP contribution in [0.4, 0.5) is 0 Å². The number of halogens is 1. The topological polar surface area (TPSA) is 45.2 Å². The van der Waals surface area contributed by atoms with Crippen LogP contribution in [-0.4, -0.2) is 41.5 Å². The number of piperidine rings is 1. The second-order valence-electron chi connectivity index (χ2n) is 4.85. The van der Waals surface area contributed by atoms with Crippen LogP contribution in [-0.2, 0) is 0 Å². The van der Waals surface area contributed by atoms with Crippen LogP contribution < -0.4 is 5.32 Å². The van der Waals surface area contributed by atoms with Crippen LogP contribution in [0.2, 0.25) is 5.02 Å². The number of likely N-dealkylation sites (N-methyl/N-ethyl adjacent to an activating group) is 1. The molecule has 2 rings (SSSR count). The standard InChI is InChI=1S/C14H20ClN3O/c1-2-18(10-11-5-3-4-7-17-11)14(19)12-6-8-16-9-13(12)15/h6,8-9,11,17H,2-5,7,10H2,1H3. The lowest BCUT2D eigenvalue weighted by atomic mass is 10.0. The molecule has 4 nitrogen and oxygen atoms in total. The highest BCUT2D eigenvalue weighted by molar-refractivity contribution is 6.33. The molecule has 104 valence electrons. The maximum atomic E-state index is 12.5. The van der Waals surface area contributed by atoms with Gasteiger partial charge in [-0.25, -0.2) is 0 Å². The Morgan fingerprint density at radius 3 is 3.05 bits per heavy atom. The van der Waals surface area contributed by atoms with Crippen molar-refractivity contribution >= 4 is 17.5 Å². The monoisotopic (exact) mass is 281 g/mol. The first-order valence-electron chi connectivity index (χ1n) is 6.84. The molecule has 1 aliphatic rings. The van der Waals surface area contributed by atoms with Gasteiger partial charge < -0.3 is 10.2 Å². The van der Waals surface area contributed by atoms with Gasteiger partial charge in [0.05, 0.1) is 10.6 Å². The Kier molecular flexibility index (Phi) is 5.16. The van der Waals surface area contributed by atoms with E-state index < -0.39 is 0 Å². The number of amides is 1. The molecule has 0 aliphatic carbocycles. The highest BCUT2D eigenvalue weighted by Gasteiger charge is 2.21. The molecular formula is C14H20ClN3O. The average Bonchev–Trinajstić information content (AvgIpc) is 2.46. The minimum atomic E-state index is -0.0118. The molecule has 0 aromatic carbocycles. The number of hydrogen-bond donors (Lipinski definition) is 1. The summed E-state index contributed by atoms with van der Waals surface area (Å²) in [6.07, 6.45) is 6.72. The van der Waals surface area contributed by atoms with Crippen LogP contribution in [0, 0.1) is 0 Å². The number of aromatic nitrogens is 1. The fourth-order valence-electron chi connectivity index (χ4n) is 2.42. The van der Waals surface area contributed by atoms with E-state index in [1.807, 2.05) is 11.8 Å². The first-order valence-corrected chi connectivity index (χ1v) is 7.22. The Labute approximate surface area is 119 Å². The van der Waals surface area contributed by atoms with E-state index in [-0.39, 0.29) is 5.91 Å². The van der Waals surface area contributed by atoms with Crippen molar-refractivity contribution in [2.24, 2.45) is 0 Å². The molecule has 0 radical (unpaired) electrons. The number of carbonyl (C=O) groups is 1. The summed E-state index contributed by atoms with van der Waals surface area (Å²) in [5.74, 6) is -0.0118. The van der Waals surface area contributed by atoms with Crippen LogP contribution >= 0.6 is 11.6 Å². The Morgan fingerprint density at radius 2 is 2.42 bits per heavy atom. The van der Waals surface area contributed by atoms with Crippen molar-refractivity contribution in [2.45, 2.75) is 32.2 Å². The minimum Gasteiger partial charge on any atom is -0.337 e. The summed E-state index contributed by atoms with van der Waals surface area (Å²) in [6.45, 7) is 4.48. The molecule has 0 bridgehead atoms. The van der Waals surface area contributed by atoms with Gasteiger partial charge in [-0.1, -0.05) is 18.0 Å². The highest BCUT2D eigenvalue weighted by Crippen LogP contribution is 2.17. The summed E-state index contributed by atoms with van der Waals surface area (Å²) in [7, 11) is 0. The van der Waals surface area contributed by atoms with E-state index in [0.29, 0.717) is 23.2 Å². The van der Waals surface area contributed by atoms with E-state index >= 15 is 0 Å². The molecule has 0 spiro atoms. The molecule has 1 fully saturated rings. The fraction of sp³-hybridized carbons (Fsp3) is 0.571. The molecule has 1 N–H and O–H groups in total. The van der Waals surface area contributed by atoms with E-state index in [0.717, 1.165) is 19.5 Å². The van der Waals surface area contributed by atoms with Crippen LogP contribution in [0.3, 0.4) is 0 Å². The summed E-state index contributed by atoms with van der Waals surface area (Å²) < 4.78 is 0. The zero-order valence-electron chi connectivity index (χ0n) is 11.2. The van der Waals surface area contributed by atoms with Crippen molar-refractivity contribution in [3.05, 3.63) is 29.0 Å². The third kappa shape index (κ3) is 3.67. The maximum Gasteiger partial charge on any atom is 0.255 e. The van der Waals surface area contributed by atoms with Crippen molar-refractivity contribution in [2.75, 3.05) is 19.6 Å². The molecule has 1 amide bonds. The van der Waals surface area contributed by atoms with Gasteiger partial charge in [-0.15, -0.1) is 0 Å². The van der Waals surface area contributed by atoms with E-state index in [4.69, 9.17) is 11.6 Å². The smallest absolute Gasteiger partial charge is 0.255 e. The average molecular weight is 282 g/mol. The lowest BCUT2D eigenvalue weighted by molar-refractivity contribution is 0.0741. The number of rotatable bonds is 4. The summed E-state index contributed by atoms with van der Waals surface area (Å²) in [6, 6.07) is 2.08. The van der Waals surface area contributed by atoms with Crippen molar-refractivity contribution in [3.63, 3.8) is 0 Å². The fourth-order valence-corrected chi connectivity index (χ4v) is 2.62. The zero-order valence-corrected chi connectivity index (χ0v) is 12.0. The van der Waals surface area contributed by atoms with Crippen molar-refractivity contribution in [1.82, 2.24) is 15.2 Å². The molecule has 1 aromatic rings. The summed E-state index contributed by atoms with van der Waals surface area (Å²) in [5.41, 5.74) is 0.536. The minimum absolute atomic E-state index is 0.0118. The van der Waals surface area contributed by atoms with Gasteiger partial charge in [0.2, 0.25) is 0 Å². The lowest BCUT2D eigenvalue weighted by Crippen LogP contribution is -2.45. The molecular weight excluding hydrogens is 262 g/mol. The SMILES string of the molecule is CCN(CC1CCCCN1)C(=O)c1ccncc1Cl. The normalized spacial score (nSPS) is 19.2. The Hall–Kier alpha value is -1.13. The van der Waals surface area contributed by atoms with Crippen LogP contribution in [0.15, 0.2) is 18.5 Å². The molecule has 1 aliphatic heterocycles. The van der Waals surface area contributed by atoms with Crippen LogP contribution in [0.1, 0.15) is 36.5 Å². The van der Waals surface area contributed by atoms with Crippen molar-refractivity contribution in [1.29, 1.82) is 0 Å². The maximum absolute atomic E-state index is 12.5. The molecule has 1 unspecified atom stereocenters. The van der Waals surface area contributed by atoms with Crippen molar-refractivity contribution in [3.8, 4) is 0 Å². The van der Waals surface area contributed by atoms with E-state index in [2.05, 4.69) is 10.3 Å². The van der Waals surface area contributed by atoms with Crippen LogP contribution in [0.25, 0.3) is 0 Å². The number of hydrogen-bond acceptors (Lipinski definition) is 3. The third-order valence-corrected chi connectivity index (χ3v) is 3.83. The second kappa shape index (κ2) is 6.87. The Balaban J connectivity index is 2.04. The van der Waals surface area contributed by atoms with Gasteiger partial charge in [0.25, 0.3) is 5.91 Å². The van der Waals surface area contributed by atoms with Crippen molar-refractivity contribution < 1.29 is 4.79 Å². The lowest BCUT2D eigenvalue weighted by Gasteiger charge is -2.30. The van der Waals surface area contributed by atoms with Crippen LogP contribution in [0.5, 0.6) is 0 Å². The number of nitrogens with one attached hydrogen (secondary N) is 1. The molecule has 5 heteroatoms. The zero-order chi connectivity index (χ0) is 13.7. The summed E-state index contributed by atoms with van der Waals surface area (Å²) >= 11 is 6.04. The number of nitrogens with zero attached hydrogens (tertiary/aromatic N) is 2. The summed E-state index contributed by atoms with van der Waals surface area (Å²) in [5, 5.41) is 3.88. The number of pyridine rings is 1. The van der Waals surface area contributed by atoms with Gasteiger partial charge in [0, 0.05) is 31.5 Å². The summed E-state index contributed by atoms with van der Waals surface area (Å²) in [4.78, 5) is 18.2. The number of carbonyl (C=O) groups excluding carboxylic acids is 1. The third-order valence-electron chi connectivity index (χ3n) is 3.52. The quantitative estimate of drug-likeness (QED) is 0.921. The Bertz CT molecular complexity index is 432. The van der Waals surface area contributed by atoms with E-state index in [9.17, 15) is 4.79 Å².